The molecule has 0 saturated carbocycles. The Morgan fingerprint density at radius 3 is 2.47 bits per heavy atom. The van der Waals surface area contributed by atoms with Crippen LogP contribution in [-0.2, 0) is 32.8 Å². The number of unbranched alkanes of at least 4 members (excludes halogenated alkanes) is 1. The first-order chi connectivity index (χ1) is 29.9. The van der Waals surface area contributed by atoms with Gasteiger partial charge in [0.15, 0.2) is 5.78 Å². The molecule has 4 aromatic rings. The van der Waals surface area contributed by atoms with E-state index in [1.165, 1.54) is 16.2 Å². The van der Waals surface area contributed by atoms with Crippen LogP contribution < -0.4 is 15.0 Å². The van der Waals surface area contributed by atoms with Crippen molar-refractivity contribution in [1.29, 1.82) is 5.26 Å². The van der Waals surface area contributed by atoms with Gasteiger partial charge in [-0.1, -0.05) is 32.9 Å². The molecule has 13 heteroatoms. The van der Waals surface area contributed by atoms with Crippen molar-refractivity contribution in [3.63, 3.8) is 0 Å². The summed E-state index contributed by atoms with van der Waals surface area (Å²) in [7, 11) is 0. The highest BCUT2D eigenvalue weighted by Gasteiger charge is 2.42. The van der Waals surface area contributed by atoms with E-state index in [4.69, 9.17) is 4.74 Å². The van der Waals surface area contributed by atoms with E-state index in [0.717, 1.165) is 104 Å². The highest BCUT2D eigenvalue weighted by Crippen LogP contribution is 2.46. The Kier molecular flexibility index (Phi) is 11.2. The standard InChI is InChI=1S/C49H55N7O6/c1-4-31-25-36-38(49(2,3)46-44(45(36)59)35-12-11-30(27-50)24-39(35)51-46)26-41(31)55-17-15-32(16-18-55)54-21-19-53(20-22-54)28-33(57)8-5-6-23-62-42-10-7-9-34-37(42)29-56(48(34)61)40-13-14-43(58)52-47(40)60/h7,9-12,24-26,32,40,51H,4-6,8,13-23,28-29H2,1-3H3,(H,52,58,60). The third-order valence-corrected chi connectivity index (χ3v) is 14.1. The van der Waals surface area contributed by atoms with Crippen LogP contribution >= 0.6 is 0 Å². The highest BCUT2D eigenvalue weighted by molar-refractivity contribution is 6.20. The number of amides is 3. The van der Waals surface area contributed by atoms with E-state index in [1.807, 2.05) is 18.2 Å². The smallest absolute Gasteiger partial charge is 0.255 e. The van der Waals surface area contributed by atoms with Crippen molar-refractivity contribution in [2.75, 3.05) is 57.3 Å². The Labute approximate surface area is 362 Å². The molecule has 322 valence electrons. The first kappa shape index (κ1) is 41.5. The van der Waals surface area contributed by atoms with Gasteiger partial charge in [-0.15, -0.1) is 0 Å². The number of nitriles is 1. The quantitative estimate of drug-likeness (QED) is 0.135. The number of nitrogens with one attached hydrogen (secondary N) is 2. The number of aryl methyl sites for hydroxylation is 1. The number of nitrogens with zero attached hydrogens (tertiary/aromatic N) is 5. The SMILES string of the molecule is CCc1cc2c(cc1N1CCC(N3CCN(CC(=O)CCCCOc4cccc5c4CN(C4CCC(=O)NC4=O)C5=O)CC3)CC1)C(C)(C)c1[nH]c3cc(C#N)ccc3c1C2=O. The van der Waals surface area contributed by atoms with Gasteiger partial charge in [-0.3, -0.25) is 39.1 Å². The topological polar surface area (TPSA) is 159 Å². The van der Waals surface area contributed by atoms with E-state index in [1.54, 1.807) is 18.2 Å². The van der Waals surface area contributed by atoms with Gasteiger partial charge in [0.25, 0.3) is 5.91 Å². The molecule has 0 bridgehead atoms. The van der Waals surface area contributed by atoms with E-state index >= 15 is 0 Å². The average molecular weight is 838 g/mol. The number of ketones is 2. The number of benzene rings is 3. The van der Waals surface area contributed by atoms with Gasteiger partial charge in [0.2, 0.25) is 11.8 Å². The number of rotatable bonds is 12. The number of anilines is 1. The second-order valence-electron chi connectivity index (χ2n) is 18.1. The minimum absolute atomic E-state index is 0.0477. The van der Waals surface area contributed by atoms with Gasteiger partial charge in [-0.05, 0) is 86.1 Å². The monoisotopic (exact) mass is 837 g/mol. The molecule has 3 fully saturated rings. The summed E-state index contributed by atoms with van der Waals surface area (Å²) in [5.74, 6) is -0.0579. The summed E-state index contributed by atoms with van der Waals surface area (Å²) in [5.41, 5.74) is 8.15. The van der Waals surface area contributed by atoms with E-state index in [-0.39, 0.29) is 36.3 Å². The molecule has 62 heavy (non-hydrogen) atoms. The summed E-state index contributed by atoms with van der Waals surface area (Å²) >= 11 is 0. The number of piperazine rings is 1. The third kappa shape index (κ3) is 7.57. The van der Waals surface area contributed by atoms with Gasteiger partial charge in [-0.25, -0.2) is 0 Å². The molecule has 0 spiro atoms. The van der Waals surface area contributed by atoms with Crippen LogP contribution in [0.4, 0.5) is 5.69 Å². The molecular weight excluding hydrogens is 783 g/mol. The fourth-order valence-electron chi connectivity index (χ4n) is 10.5. The second-order valence-corrected chi connectivity index (χ2v) is 18.1. The number of carbonyl (C=O) groups excluding carboxylic acids is 5. The Morgan fingerprint density at radius 1 is 0.935 bits per heavy atom. The van der Waals surface area contributed by atoms with E-state index < -0.39 is 17.4 Å². The number of H-pyrrole nitrogens is 1. The van der Waals surface area contributed by atoms with E-state index in [2.05, 4.69) is 64.0 Å². The van der Waals surface area contributed by atoms with Crippen LogP contribution in [-0.4, -0.2) is 113 Å². The molecule has 1 aromatic heterocycles. The van der Waals surface area contributed by atoms with Crippen LogP contribution in [0.25, 0.3) is 10.9 Å². The van der Waals surface area contributed by atoms with Crippen LogP contribution in [0.2, 0.25) is 0 Å². The number of ether oxygens (including phenoxy) is 1. The predicted octanol–water partition coefficient (Wildman–Crippen LogP) is 5.64. The summed E-state index contributed by atoms with van der Waals surface area (Å²) < 4.78 is 6.10. The summed E-state index contributed by atoms with van der Waals surface area (Å²) in [6, 6.07) is 17.4. The Balaban J connectivity index is 0.727. The molecule has 2 N–H and O–H groups in total. The lowest BCUT2D eigenvalue weighted by Gasteiger charge is -2.44. The van der Waals surface area contributed by atoms with Gasteiger partial charge < -0.3 is 19.5 Å². The van der Waals surface area contributed by atoms with Crippen molar-refractivity contribution in [2.24, 2.45) is 0 Å². The fourth-order valence-corrected chi connectivity index (χ4v) is 10.5. The van der Waals surface area contributed by atoms with Gasteiger partial charge in [-0.2, -0.15) is 5.26 Å². The minimum Gasteiger partial charge on any atom is -0.493 e. The number of fused-ring (bicyclic) bond motifs is 5. The van der Waals surface area contributed by atoms with Crippen LogP contribution in [0.3, 0.4) is 0 Å². The number of piperidine rings is 2. The van der Waals surface area contributed by atoms with Crippen LogP contribution in [0, 0.1) is 11.3 Å². The van der Waals surface area contributed by atoms with Crippen molar-refractivity contribution >= 4 is 45.9 Å². The highest BCUT2D eigenvalue weighted by atomic mass is 16.5. The molecule has 5 aliphatic rings. The minimum atomic E-state index is -0.669. The molecule has 1 unspecified atom stereocenters. The molecule has 3 aromatic carbocycles. The maximum Gasteiger partial charge on any atom is 0.255 e. The molecule has 4 aliphatic heterocycles. The molecule has 3 amide bonds. The second kappa shape index (κ2) is 16.8. The number of imide groups is 1. The maximum absolute atomic E-state index is 14.1. The fraction of sp³-hybridized carbons (Fsp3) is 0.469. The predicted molar refractivity (Wildman–Crippen MR) is 234 cm³/mol. The van der Waals surface area contributed by atoms with Gasteiger partial charge in [0, 0.05) is 103 Å². The molecule has 0 radical (unpaired) electrons. The van der Waals surface area contributed by atoms with Crippen LogP contribution in [0.5, 0.6) is 5.75 Å². The number of hydrogen-bond acceptors (Lipinski definition) is 10. The van der Waals surface area contributed by atoms with Gasteiger partial charge in [0.05, 0.1) is 36.9 Å². The third-order valence-electron chi connectivity index (χ3n) is 14.1. The zero-order valence-electron chi connectivity index (χ0n) is 36.0. The Bertz CT molecular complexity index is 2520. The normalized spacial score (nSPS) is 20.5. The number of hydrogen-bond donors (Lipinski definition) is 2. The molecule has 5 heterocycles. The van der Waals surface area contributed by atoms with Crippen molar-refractivity contribution < 1.29 is 28.7 Å². The summed E-state index contributed by atoms with van der Waals surface area (Å²) in [5, 5.41) is 12.7. The first-order valence-corrected chi connectivity index (χ1v) is 22.4. The summed E-state index contributed by atoms with van der Waals surface area (Å²) in [4.78, 5) is 76.8. The summed E-state index contributed by atoms with van der Waals surface area (Å²) in [6.45, 7) is 13.3. The first-order valence-electron chi connectivity index (χ1n) is 22.4. The zero-order valence-corrected chi connectivity index (χ0v) is 36.0. The molecule has 13 nitrogen and oxygen atoms in total. The number of aromatic nitrogens is 1. The number of aromatic amines is 1. The Morgan fingerprint density at radius 2 is 1.73 bits per heavy atom. The molecule has 9 rings (SSSR count). The number of Topliss-reactive ketones (excluding diaryl/α,β-unsaturated/α-hetero) is 1. The van der Waals surface area contributed by atoms with Crippen LogP contribution in [0.1, 0.15) is 120 Å². The van der Waals surface area contributed by atoms with Crippen molar-refractivity contribution in [2.45, 2.75) is 96.2 Å². The molecule has 1 aliphatic carbocycles. The van der Waals surface area contributed by atoms with Gasteiger partial charge >= 0.3 is 0 Å². The lowest BCUT2D eigenvalue weighted by Crippen LogP contribution is -2.54. The lowest BCUT2D eigenvalue weighted by molar-refractivity contribution is -0.137. The molecule has 3 saturated heterocycles. The van der Waals surface area contributed by atoms with Gasteiger partial charge in [0.1, 0.15) is 17.6 Å². The summed E-state index contributed by atoms with van der Waals surface area (Å²) in [6.07, 6.45) is 5.43. The van der Waals surface area contributed by atoms with Crippen molar-refractivity contribution in [1.82, 2.24) is 25.0 Å². The van der Waals surface area contributed by atoms with Crippen LogP contribution in [0.15, 0.2) is 48.5 Å². The van der Waals surface area contributed by atoms with Crippen molar-refractivity contribution in [3.8, 4) is 11.8 Å². The maximum atomic E-state index is 14.1. The zero-order chi connectivity index (χ0) is 43.3. The number of carbonyl (C=O) groups is 5. The molecule has 1 atom stereocenters. The van der Waals surface area contributed by atoms with Crippen molar-refractivity contribution in [3.05, 3.63) is 93.2 Å². The largest absolute Gasteiger partial charge is 0.493 e. The van der Waals surface area contributed by atoms with E-state index in [9.17, 15) is 29.2 Å². The Hall–Kier alpha value is -5.84. The average Bonchev–Trinajstić information content (AvgIpc) is 3.84. The van der Waals surface area contributed by atoms with E-state index in [0.29, 0.717) is 55.3 Å². The lowest BCUT2D eigenvalue weighted by atomic mass is 9.70. The molecular formula is C49H55N7O6.